The molecule has 3 nitrogen and oxygen atoms in total. The Labute approximate surface area is 85.6 Å². The Morgan fingerprint density at radius 2 is 2.14 bits per heavy atom. The second-order valence-electron chi connectivity index (χ2n) is 5.11. The van der Waals surface area contributed by atoms with Gasteiger partial charge in [0.05, 0.1) is 5.54 Å². The van der Waals surface area contributed by atoms with Gasteiger partial charge in [0.1, 0.15) is 0 Å². The minimum Gasteiger partial charge on any atom is -0.338 e. The third kappa shape index (κ3) is 1.54. The molecule has 0 aromatic carbocycles. The quantitative estimate of drug-likeness (QED) is 0.719. The summed E-state index contributed by atoms with van der Waals surface area (Å²) in [6.07, 6.45) is 4.06. The van der Waals surface area contributed by atoms with Gasteiger partial charge in [-0.25, -0.2) is 0 Å². The van der Waals surface area contributed by atoms with E-state index in [1.807, 2.05) is 4.90 Å². The summed E-state index contributed by atoms with van der Waals surface area (Å²) in [6.45, 7) is 5.29. The average molecular weight is 196 g/mol. The maximum atomic E-state index is 12.0. The zero-order chi connectivity index (χ0) is 10.3. The van der Waals surface area contributed by atoms with E-state index < -0.39 is 5.54 Å². The van der Waals surface area contributed by atoms with Gasteiger partial charge in [-0.1, -0.05) is 13.8 Å². The number of likely N-dealkylation sites (tertiary alicyclic amines) is 1. The van der Waals surface area contributed by atoms with Crippen LogP contribution in [0.1, 0.15) is 39.5 Å². The van der Waals surface area contributed by atoms with Crippen LogP contribution >= 0.6 is 0 Å². The fourth-order valence-electron chi connectivity index (χ4n) is 2.37. The van der Waals surface area contributed by atoms with Crippen molar-refractivity contribution in [2.75, 3.05) is 6.54 Å². The molecule has 1 heterocycles. The molecule has 0 aromatic rings. The molecule has 1 amide bonds. The summed E-state index contributed by atoms with van der Waals surface area (Å²) in [5, 5.41) is 0. The number of rotatable bonds is 2. The van der Waals surface area contributed by atoms with Crippen LogP contribution in [-0.4, -0.2) is 28.9 Å². The van der Waals surface area contributed by atoms with Gasteiger partial charge in [0.2, 0.25) is 5.91 Å². The second kappa shape index (κ2) is 3.23. The Balaban J connectivity index is 2.06. The maximum absolute atomic E-state index is 12.0. The van der Waals surface area contributed by atoms with Crippen molar-refractivity contribution in [3.8, 4) is 0 Å². The van der Waals surface area contributed by atoms with Crippen LogP contribution in [-0.2, 0) is 4.79 Å². The molecule has 1 saturated heterocycles. The molecule has 1 aliphatic carbocycles. The minimum atomic E-state index is -0.475. The van der Waals surface area contributed by atoms with Gasteiger partial charge in [-0.3, -0.25) is 4.79 Å². The first-order chi connectivity index (χ1) is 6.54. The van der Waals surface area contributed by atoms with Crippen molar-refractivity contribution in [3.05, 3.63) is 0 Å². The molecule has 80 valence electrons. The lowest BCUT2D eigenvalue weighted by Crippen LogP contribution is -2.49. The van der Waals surface area contributed by atoms with E-state index >= 15 is 0 Å². The third-order valence-corrected chi connectivity index (χ3v) is 3.54. The van der Waals surface area contributed by atoms with Crippen LogP contribution in [0.15, 0.2) is 0 Å². The molecule has 2 N–H and O–H groups in total. The van der Waals surface area contributed by atoms with E-state index in [1.165, 1.54) is 0 Å². The number of hydrogen-bond acceptors (Lipinski definition) is 2. The SMILES string of the molecule is CC(C)C1CCCN1C(=O)C1(N)CC1. The van der Waals surface area contributed by atoms with Gasteiger partial charge in [0, 0.05) is 12.6 Å². The zero-order valence-corrected chi connectivity index (χ0v) is 9.12. The molecule has 0 radical (unpaired) electrons. The lowest BCUT2D eigenvalue weighted by atomic mass is 10.0. The molecule has 0 spiro atoms. The summed E-state index contributed by atoms with van der Waals surface area (Å²) in [6, 6.07) is 0.434. The highest BCUT2D eigenvalue weighted by Crippen LogP contribution is 2.37. The van der Waals surface area contributed by atoms with E-state index in [0.717, 1.165) is 32.2 Å². The highest BCUT2D eigenvalue weighted by molar-refractivity contribution is 5.89. The first kappa shape index (κ1) is 9.97. The van der Waals surface area contributed by atoms with Crippen LogP contribution in [0.4, 0.5) is 0 Å². The van der Waals surface area contributed by atoms with E-state index in [2.05, 4.69) is 13.8 Å². The molecule has 1 saturated carbocycles. The van der Waals surface area contributed by atoms with E-state index in [4.69, 9.17) is 5.73 Å². The number of carbonyl (C=O) groups excluding carboxylic acids is 1. The minimum absolute atomic E-state index is 0.203. The summed E-state index contributed by atoms with van der Waals surface area (Å²) < 4.78 is 0. The lowest BCUT2D eigenvalue weighted by Gasteiger charge is -2.29. The third-order valence-electron chi connectivity index (χ3n) is 3.54. The molecule has 2 rings (SSSR count). The van der Waals surface area contributed by atoms with Gasteiger partial charge in [-0.05, 0) is 31.6 Å². The van der Waals surface area contributed by atoms with Gasteiger partial charge in [-0.15, -0.1) is 0 Å². The molecule has 14 heavy (non-hydrogen) atoms. The van der Waals surface area contributed by atoms with Gasteiger partial charge in [0.15, 0.2) is 0 Å². The van der Waals surface area contributed by atoms with Crippen molar-refractivity contribution >= 4 is 5.91 Å². The Morgan fingerprint density at radius 1 is 1.50 bits per heavy atom. The number of carbonyl (C=O) groups is 1. The number of hydrogen-bond donors (Lipinski definition) is 1. The van der Waals surface area contributed by atoms with E-state index in [0.29, 0.717) is 12.0 Å². The Kier molecular flexibility index (Phi) is 2.30. The van der Waals surface area contributed by atoms with Crippen LogP contribution in [0.2, 0.25) is 0 Å². The Bertz CT molecular complexity index is 246. The van der Waals surface area contributed by atoms with Crippen molar-refractivity contribution in [2.24, 2.45) is 11.7 Å². The Hall–Kier alpha value is -0.570. The first-order valence-electron chi connectivity index (χ1n) is 5.64. The molecule has 1 aliphatic heterocycles. The van der Waals surface area contributed by atoms with Crippen molar-refractivity contribution in [3.63, 3.8) is 0 Å². The summed E-state index contributed by atoms with van der Waals surface area (Å²) >= 11 is 0. The smallest absolute Gasteiger partial charge is 0.242 e. The van der Waals surface area contributed by atoms with Crippen LogP contribution in [0.25, 0.3) is 0 Å². The molecule has 1 unspecified atom stereocenters. The zero-order valence-electron chi connectivity index (χ0n) is 9.12. The molecular formula is C11H20N2O. The molecule has 2 aliphatic rings. The summed E-state index contributed by atoms with van der Waals surface area (Å²) in [5.74, 6) is 0.762. The van der Waals surface area contributed by atoms with Gasteiger partial charge in [0.25, 0.3) is 0 Å². The van der Waals surface area contributed by atoms with Crippen LogP contribution in [0.5, 0.6) is 0 Å². The highest BCUT2D eigenvalue weighted by atomic mass is 16.2. The largest absolute Gasteiger partial charge is 0.338 e. The molecular weight excluding hydrogens is 176 g/mol. The molecule has 2 fully saturated rings. The summed E-state index contributed by atoms with van der Waals surface area (Å²) in [5.41, 5.74) is 5.47. The summed E-state index contributed by atoms with van der Waals surface area (Å²) in [4.78, 5) is 14.1. The topological polar surface area (TPSA) is 46.3 Å². The van der Waals surface area contributed by atoms with Crippen LogP contribution in [0.3, 0.4) is 0 Å². The summed E-state index contributed by atoms with van der Waals surface area (Å²) in [7, 11) is 0. The van der Waals surface area contributed by atoms with Gasteiger partial charge < -0.3 is 10.6 Å². The van der Waals surface area contributed by atoms with Crippen LogP contribution in [0, 0.1) is 5.92 Å². The van der Waals surface area contributed by atoms with Crippen molar-refractivity contribution in [1.82, 2.24) is 4.90 Å². The lowest BCUT2D eigenvalue weighted by molar-refractivity contribution is -0.135. The van der Waals surface area contributed by atoms with Crippen molar-refractivity contribution < 1.29 is 4.79 Å². The standard InChI is InChI=1S/C11H20N2O/c1-8(2)9-4-3-7-13(9)10(14)11(12)5-6-11/h8-9H,3-7,12H2,1-2H3. The van der Waals surface area contributed by atoms with Crippen molar-refractivity contribution in [2.45, 2.75) is 51.1 Å². The van der Waals surface area contributed by atoms with Gasteiger partial charge in [-0.2, -0.15) is 0 Å². The normalized spacial score (nSPS) is 29.7. The van der Waals surface area contributed by atoms with E-state index in [-0.39, 0.29) is 5.91 Å². The van der Waals surface area contributed by atoms with Crippen LogP contribution < -0.4 is 5.73 Å². The maximum Gasteiger partial charge on any atom is 0.242 e. The predicted molar refractivity (Wildman–Crippen MR) is 55.7 cm³/mol. The van der Waals surface area contributed by atoms with Crippen molar-refractivity contribution in [1.29, 1.82) is 0 Å². The van der Waals surface area contributed by atoms with E-state index in [1.54, 1.807) is 0 Å². The predicted octanol–water partition coefficient (Wildman–Crippen LogP) is 1.12. The number of amides is 1. The molecule has 3 heteroatoms. The number of nitrogens with zero attached hydrogens (tertiary/aromatic N) is 1. The average Bonchev–Trinajstić information content (AvgIpc) is 2.69. The van der Waals surface area contributed by atoms with Gasteiger partial charge >= 0.3 is 0 Å². The highest BCUT2D eigenvalue weighted by Gasteiger charge is 2.50. The Morgan fingerprint density at radius 3 is 2.64 bits per heavy atom. The molecule has 1 atom stereocenters. The fraction of sp³-hybridized carbons (Fsp3) is 0.909. The molecule has 0 aromatic heterocycles. The monoisotopic (exact) mass is 196 g/mol. The van der Waals surface area contributed by atoms with E-state index in [9.17, 15) is 4.79 Å². The number of nitrogens with two attached hydrogens (primary N) is 1. The first-order valence-corrected chi connectivity index (χ1v) is 5.64. The molecule has 0 bridgehead atoms. The fourth-order valence-corrected chi connectivity index (χ4v) is 2.37. The second-order valence-corrected chi connectivity index (χ2v) is 5.11.